The average molecular weight is 228 g/mol. The molecule has 15 heavy (non-hydrogen) atoms. The monoisotopic (exact) mass is 228 g/mol. The van der Waals surface area contributed by atoms with Gasteiger partial charge in [0.25, 0.3) is 5.22 Å². The summed E-state index contributed by atoms with van der Waals surface area (Å²) >= 11 is 1.32. The summed E-state index contributed by atoms with van der Waals surface area (Å²) in [6.45, 7) is 3.52. The molecule has 0 bridgehead atoms. The van der Waals surface area contributed by atoms with Crippen LogP contribution in [0, 0.1) is 6.92 Å². The second-order valence-corrected chi connectivity index (χ2v) is 3.76. The molecule has 0 aliphatic carbocycles. The Balaban J connectivity index is 2.47. The van der Waals surface area contributed by atoms with Gasteiger partial charge in [-0.15, -0.1) is 10.2 Å². The van der Waals surface area contributed by atoms with Crippen LogP contribution in [0.25, 0.3) is 0 Å². The van der Waals surface area contributed by atoms with E-state index in [0.29, 0.717) is 28.9 Å². The summed E-state index contributed by atoms with van der Waals surface area (Å²) in [6, 6.07) is 0. The molecule has 1 aromatic rings. The van der Waals surface area contributed by atoms with Crippen LogP contribution in [0.3, 0.4) is 0 Å². The van der Waals surface area contributed by atoms with Crippen LogP contribution in [0.2, 0.25) is 0 Å². The van der Waals surface area contributed by atoms with Gasteiger partial charge in [-0.1, -0.05) is 24.8 Å². The van der Waals surface area contributed by atoms with E-state index in [1.165, 1.54) is 11.8 Å². The molecule has 0 aliphatic heterocycles. The van der Waals surface area contributed by atoms with Gasteiger partial charge < -0.3 is 9.52 Å². The quantitative estimate of drug-likeness (QED) is 0.612. The third-order valence-corrected chi connectivity index (χ3v) is 2.44. The van der Waals surface area contributed by atoms with E-state index in [0.717, 1.165) is 0 Å². The Morgan fingerprint density at radius 3 is 2.80 bits per heavy atom. The van der Waals surface area contributed by atoms with Crippen molar-refractivity contribution in [2.75, 3.05) is 5.75 Å². The zero-order valence-electron chi connectivity index (χ0n) is 8.56. The number of nitrogens with zero attached hydrogens (tertiary/aromatic N) is 2. The van der Waals surface area contributed by atoms with Gasteiger partial charge in [0.05, 0.1) is 0 Å². The molecular formula is C9H12N2O3S. The fraction of sp³-hybridized carbons (Fsp3) is 0.444. The van der Waals surface area contributed by atoms with E-state index in [2.05, 4.69) is 10.2 Å². The van der Waals surface area contributed by atoms with Gasteiger partial charge in [0.1, 0.15) is 0 Å². The van der Waals surface area contributed by atoms with Crippen molar-refractivity contribution in [3.05, 3.63) is 17.5 Å². The molecule has 0 unspecified atom stereocenters. The van der Waals surface area contributed by atoms with Gasteiger partial charge in [-0.3, -0.25) is 0 Å². The van der Waals surface area contributed by atoms with Crippen molar-refractivity contribution < 1.29 is 14.3 Å². The van der Waals surface area contributed by atoms with Gasteiger partial charge in [-0.25, -0.2) is 4.79 Å². The molecular weight excluding hydrogens is 216 g/mol. The largest absolute Gasteiger partial charge is 0.478 e. The predicted octanol–water partition coefficient (Wildman–Crippen LogP) is 1.89. The molecule has 0 fully saturated rings. The van der Waals surface area contributed by atoms with E-state index in [9.17, 15) is 4.79 Å². The number of aromatic nitrogens is 2. The number of carboxylic acid groups (broad SMARTS) is 1. The van der Waals surface area contributed by atoms with Crippen molar-refractivity contribution in [3.63, 3.8) is 0 Å². The van der Waals surface area contributed by atoms with Crippen molar-refractivity contribution in [1.82, 2.24) is 10.2 Å². The van der Waals surface area contributed by atoms with E-state index in [1.807, 2.05) is 6.92 Å². The molecule has 1 heterocycles. The first-order valence-electron chi connectivity index (χ1n) is 4.48. The fourth-order valence-electron chi connectivity index (χ4n) is 0.933. The van der Waals surface area contributed by atoms with Crippen LogP contribution in [0.1, 0.15) is 19.2 Å². The third-order valence-electron chi connectivity index (χ3n) is 1.70. The number of aliphatic carboxylic acids is 1. The lowest BCUT2D eigenvalue weighted by atomic mass is 10.2. The van der Waals surface area contributed by atoms with Crippen molar-refractivity contribution in [1.29, 1.82) is 0 Å². The highest BCUT2D eigenvalue weighted by atomic mass is 32.2. The molecule has 0 saturated heterocycles. The molecule has 0 aliphatic rings. The van der Waals surface area contributed by atoms with Gasteiger partial charge >= 0.3 is 5.97 Å². The standard InChI is InChI=1S/C9H12N2O3S/c1-3-7(8(12)13)4-5-15-9-11-10-6(2)14-9/h4H,3,5H2,1-2H3,(H,12,13). The molecule has 82 valence electrons. The van der Waals surface area contributed by atoms with E-state index < -0.39 is 5.97 Å². The lowest BCUT2D eigenvalue weighted by Crippen LogP contribution is -1.99. The SMILES string of the molecule is CCC(=CCSc1nnc(C)o1)C(=O)O. The minimum atomic E-state index is -0.875. The topological polar surface area (TPSA) is 76.2 Å². The Kier molecular flexibility index (Phi) is 4.36. The summed E-state index contributed by atoms with van der Waals surface area (Å²) in [5.74, 6) is 0.159. The highest BCUT2D eigenvalue weighted by Gasteiger charge is 2.05. The van der Waals surface area contributed by atoms with Crippen LogP contribution in [-0.2, 0) is 4.79 Å². The molecule has 1 aromatic heterocycles. The van der Waals surface area contributed by atoms with E-state index in [1.54, 1.807) is 13.0 Å². The Bertz CT molecular complexity index is 373. The van der Waals surface area contributed by atoms with E-state index in [4.69, 9.17) is 9.52 Å². The zero-order chi connectivity index (χ0) is 11.3. The summed E-state index contributed by atoms with van der Waals surface area (Å²) in [6.07, 6.45) is 2.17. The molecule has 0 saturated carbocycles. The van der Waals surface area contributed by atoms with Crippen molar-refractivity contribution in [3.8, 4) is 0 Å². The van der Waals surface area contributed by atoms with Gasteiger partial charge in [0, 0.05) is 18.2 Å². The summed E-state index contributed by atoms with van der Waals surface area (Å²) in [5.41, 5.74) is 0.402. The normalized spacial score (nSPS) is 11.7. The summed E-state index contributed by atoms with van der Waals surface area (Å²) in [4.78, 5) is 10.6. The second kappa shape index (κ2) is 5.55. The number of aryl methyl sites for hydroxylation is 1. The Labute approximate surface area is 91.6 Å². The molecule has 5 nitrogen and oxygen atoms in total. The number of hydrogen-bond donors (Lipinski definition) is 1. The van der Waals surface area contributed by atoms with Crippen LogP contribution in [0.15, 0.2) is 21.3 Å². The number of carboxylic acids is 1. The highest BCUT2D eigenvalue weighted by molar-refractivity contribution is 7.99. The highest BCUT2D eigenvalue weighted by Crippen LogP contribution is 2.16. The molecule has 0 spiro atoms. The molecule has 6 heteroatoms. The van der Waals surface area contributed by atoms with Gasteiger partial charge in [0.2, 0.25) is 5.89 Å². The van der Waals surface area contributed by atoms with Crippen LogP contribution in [-0.4, -0.2) is 27.0 Å². The molecule has 0 amide bonds. The van der Waals surface area contributed by atoms with Crippen LogP contribution in [0.4, 0.5) is 0 Å². The number of hydrogen-bond acceptors (Lipinski definition) is 5. The average Bonchev–Trinajstić information content (AvgIpc) is 2.58. The van der Waals surface area contributed by atoms with E-state index in [-0.39, 0.29) is 0 Å². The lowest BCUT2D eigenvalue weighted by Gasteiger charge is -1.95. The minimum Gasteiger partial charge on any atom is -0.478 e. The Morgan fingerprint density at radius 2 is 2.33 bits per heavy atom. The molecule has 0 radical (unpaired) electrons. The van der Waals surface area contributed by atoms with Crippen LogP contribution in [0.5, 0.6) is 0 Å². The fourth-order valence-corrected chi connectivity index (χ4v) is 1.64. The van der Waals surface area contributed by atoms with Crippen molar-refractivity contribution >= 4 is 17.7 Å². The number of rotatable bonds is 5. The maximum atomic E-state index is 10.6. The first kappa shape index (κ1) is 11.8. The first-order chi connectivity index (χ1) is 7.13. The van der Waals surface area contributed by atoms with Crippen molar-refractivity contribution in [2.24, 2.45) is 0 Å². The molecule has 1 rings (SSSR count). The molecule has 0 aromatic carbocycles. The first-order valence-corrected chi connectivity index (χ1v) is 5.47. The van der Waals surface area contributed by atoms with Crippen LogP contribution >= 0.6 is 11.8 Å². The lowest BCUT2D eigenvalue weighted by molar-refractivity contribution is -0.132. The smallest absolute Gasteiger partial charge is 0.331 e. The van der Waals surface area contributed by atoms with Gasteiger partial charge in [0.15, 0.2) is 0 Å². The summed E-state index contributed by atoms with van der Waals surface area (Å²) < 4.78 is 5.12. The van der Waals surface area contributed by atoms with Crippen LogP contribution < -0.4 is 0 Å². The van der Waals surface area contributed by atoms with Gasteiger partial charge in [-0.05, 0) is 6.42 Å². The Morgan fingerprint density at radius 1 is 1.60 bits per heavy atom. The predicted molar refractivity (Wildman–Crippen MR) is 55.8 cm³/mol. The molecule has 0 atom stereocenters. The molecule has 1 N–H and O–H groups in total. The summed E-state index contributed by atoms with van der Waals surface area (Å²) in [7, 11) is 0. The number of thioether (sulfide) groups is 1. The maximum absolute atomic E-state index is 10.6. The minimum absolute atomic E-state index is 0.402. The van der Waals surface area contributed by atoms with Crippen molar-refractivity contribution in [2.45, 2.75) is 25.5 Å². The third kappa shape index (κ3) is 3.75. The summed E-state index contributed by atoms with van der Waals surface area (Å²) in [5, 5.41) is 16.7. The zero-order valence-corrected chi connectivity index (χ0v) is 9.37. The Hall–Kier alpha value is -1.30. The second-order valence-electron chi connectivity index (χ2n) is 2.79. The number of carbonyl (C=O) groups is 1. The maximum Gasteiger partial charge on any atom is 0.331 e. The van der Waals surface area contributed by atoms with E-state index >= 15 is 0 Å². The van der Waals surface area contributed by atoms with Gasteiger partial charge in [-0.2, -0.15) is 0 Å².